The number of Topliss-reactive ketones (excluding diaryl/α,β-unsaturated/α-hetero) is 1. The van der Waals surface area contributed by atoms with Crippen LogP contribution in [0.15, 0.2) is 0 Å². The topological polar surface area (TPSA) is 32.3 Å². The van der Waals surface area contributed by atoms with E-state index < -0.39 is 23.7 Å². The molecule has 6 heteroatoms. The molecule has 0 saturated carbocycles. The summed E-state index contributed by atoms with van der Waals surface area (Å²) < 4.78 is 37.4. The summed E-state index contributed by atoms with van der Waals surface area (Å²) in [6, 6.07) is -2.32. The van der Waals surface area contributed by atoms with E-state index >= 15 is 0 Å². The zero-order valence-corrected chi connectivity index (χ0v) is 9.85. The minimum absolute atomic E-state index is 0.172. The molecule has 1 aliphatic rings. The molecule has 0 aliphatic carbocycles. The van der Waals surface area contributed by atoms with Crippen molar-refractivity contribution in [1.29, 1.82) is 0 Å². The predicted octanol–water partition coefficient (Wildman–Crippen LogP) is 1.74. The summed E-state index contributed by atoms with van der Waals surface area (Å²) in [5.74, 6) is -0.172. The smallest absolute Gasteiger partial charge is 0.297 e. The average Bonchev–Trinajstić information content (AvgIpc) is 2.43. The van der Waals surface area contributed by atoms with Gasteiger partial charge >= 0.3 is 6.18 Å². The Morgan fingerprint density at radius 3 is 2.12 bits per heavy atom. The maximum atomic E-state index is 12.5. The first-order valence-corrected chi connectivity index (χ1v) is 5.13. The Bertz CT molecular complexity index is 283. The van der Waals surface area contributed by atoms with Gasteiger partial charge in [0.1, 0.15) is 6.04 Å². The van der Waals surface area contributed by atoms with E-state index in [1.807, 2.05) is 0 Å². The van der Waals surface area contributed by atoms with Crippen LogP contribution < -0.4 is 5.43 Å². The Morgan fingerprint density at radius 1 is 1.31 bits per heavy atom. The Hall–Kier alpha value is -0.620. The predicted molar refractivity (Wildman–Crippen MR) is 53.6 cm³/mol. The summed E-state index contributed by atoms with van der Waals surface area (Å²) in [7, 11) is 1.47. The number of ketones is 1. The van der Waals surface area contributed by atoms with E-state index in [9.17, 15) is 18.0 Å². The minimum Gasteiger partial charge on any atom is -0.297 e. The maximum absolute atomic E-state index is 12.5. The van der Waals surface area contributed by atoms with E-state index in [1.54, 1.807) is 20.8 Å². The van der Waals surface area contributed by atoms with E-state index in [2.05, 4.69) is 5.43 Å². The third-order valence-corrected chi connectivity index (χ3v) is 2.72. The molecule has 1 rings (SSSR count). The first-order chi connectivity index (χ1) is 7.03. The SMILES string of the molecule is CN1NC(C(F)(F)F)CC1C(=O)C(C)(C)C. The molecule has 1 N–H and O–H groups in total. The van der Waals surface area contributed by atoms with Crippen molar-refractivity contribution in [3.8, 4) is 0 Å². The van der Waals surface area contributed by atoms with Crippen LogP contribution in [0.3, 0.4) is 0 Å². The number of hydrogen-bond acceptors (Lipinski definition) is 3. The number of rotatable bonds is 1. The quantitative estimate of drug-likeness (QED) is 0.755. The van der Waals surface area contributed by atoms with Crippen molar-refractivity contribution in [1.82, 2.24) is 10.4 Å². The average molecular weight is 238 g/mol. The van der Waals surface area contributed by atoms with Gasteiger partial charge in [0.05, 0.1) is 6.04 Å². The lowest BCUT2D eigenvalue weighted by Gasteiger charge is -2.25. The maximum Gasteiger partial charge on any atom is 0.405 e. The van der Waals surface area contributed by atoms with E-state index in [4.69, 9.17) is 0 Å². The van der Waals surface area contributed by atoms with Gasteiger partial charge in [-0.05, 0) is 6.42 Å². The summed E-state index contributed by atoms with van der Waals surface area (Å²) in [6.07, 6.45) is -4.52. The highest BCUT2D eigenvalue weighted by atomic mass is 19.4. The molecule has 2 unspecified atom stereocenters. The van der Waals surface area contributed by atoms with Crippen LogP contribution in [-0.2, 0) is 4.79 Å². The van der Waals surface area contributed by atoms with Crippen molar-refractivity contribution in [3.63, 3.8) is 0 Å². The molecule has 0 aromatic rings. The minimum atomic E-state index is -4.30. The van der Waals surface area contributed by atoms with Gasteiger partial charge in [0, 0.05) is 12.5 Å². The monoisotopic (exact) mass is 238 g/mol. The van der Waals surface area contributed by atoms with Gasteiger partial charge in [-0.2, -0.15) is 13.2 Å². The number of hydrogen-bond donors (Lipinski definition) is 1. The molecule has 0 radical (unpaired) electrons. The van der Waals surface area contributed by atoms with Crippen molar-refractivity contribution < 1.29 is 18.0 Å². The van der Waals surface area contributed by atoms with Crippen molar-refractivity contribution in [3.05, 3.63) is 0 Å². The standard InChI is InChI=1S/C10H17F3N2O/c1-9(2,3)8(16)6-5-7(10(11,12)13)14-15(6)4/h6-7,14H,5H2,1-4H3. The van der Waals surface area contributed by atoms with Crippen molar-refractivity contribution >= 4 is 5.78 Å². The number of alkyl halides is 3. The highest BCUT2D eigenvalue weighted by Crippen LogP contribution is 2.31. The van der Waals surface area contributed by atoms with Crippen molar-refractivity contribution in [2.75, 3.05) is 7.05 Å². The van der Waals surface area contributed by atoms with Crippen LogP contribution in [0, 0.1) is 5.41 Å². The molecule has 0 amide bonds. The van der Waals surface area contributed by atoms with Crippen LogP contribution in [0.5, 0.6) is 0 Å². The number of nitrogens with one attached hydrogen (secondary N) is 1. The number of likely N-dealkylation sites (N-methyl/N-ethyl adjacent to an activating group) is 1. The lowest BCUT2D eigenvalue weighted by atomic mass is 9.85. The normalized spacial score (nSPS) is 28.4. The Morgan fingerprint density at radius 2 is 1.81 bits per heavy atom. The molecule has 3 nitrogen and oxygen atoms in total. The first-order valence-electron chi connectivity index (χ1n) is 5.13. The summed E-state index contributed by atoms with van der Waals surface area (Å²) in [4.78, 5) is 11.9. The number of hydrazine groups is 1. The third kappa shape index (κ3) is 2.74. The summed E-state index contributed by atoms with van der Waals surface area (Å²) in [5.41, 5.74) is 1.66. The second-order valence-electron chi connectivity index (χ2n) is 5.20. The molecule has 0 spiro atoms. The fraction of sp³-hybridized carbons (Fsp3) is 0.900. The molecular formula is C10H17F3N2O. The summed E-state index contributed by atoms with van der Waals surface area (Å²) in [5, 5.41) is 1.27. The van der Waals surface area contributed by atoms with Crippen LogP contribution in [0.4, 0.5) is 13.2 Å². The van der Waals surface area contributed by atoms with Crippen LogP contribution in [0.2, 0.25) is 0 Å². The van der Waals surface area contributed by atoms with Gasteiger partial charge in [-0.1, -0.05) is 20.8 Å². The van der Waals surface area contributed by atoms with Crippen LogP contribution in [0.1, 0.15) is 27.2 Å². The number of carbonyl (C=O) groups excluding carboxylic acids is 1. The van der Waals surface area contributed by atoms with Gasteiger partial charge < -0.3 is 0 Å². The summed E-state index contributed by atoms with van der Waals surface area (Å²) in [6.45, 7) is 5.14. The number of carbonyl (C=O) groups is 1. The molecule has 1 aliphatic heterocycles. The zero-order chi connectivity index (χ0) is 12.7. The largest absolute Gasteiger partial charge is 0.405 e. The second-order valence-corrected chi connectivity index (χ2v) is 5.20. The van der Waals surface area contributed by atoms with Gasteiger partial charge in [0.2, 0.25) is 0 Å². The molecule has 1 heterocycles. The molecular weight excluding hydrogens is 221 g/mol. The van der Waals surface area contributed by atoms with Crippen molar-refractivity contribution in [2.45, 2.75) is 45.5 Å². The highest BCUT2D eigenvalue weighted by molar-refractivity contribution is 5.88. The summed E-state index contributed by atoms with van der Waals surface area (Å²) >= 11 is 0. The lowest BCUT2D eigenvalue weighted by Crippen LogP contribution is -2.45. The molecule has 0 aromatic heterocycles. The molecule has 2 atom stereocenters. The van der Waals surface area contributed by atoms with Crippen LogP contribution in [-0.4, -0.2) is 36.1 Å². The van der Waals surface area contributed by atoms with E-state index in [0.29, 0.717) is 0 Å². The zero-order valence-electron chi connectivity index (χ0n) is 9.85. The lowest BCUT2D eigenvalue weighted by molar-refractivity contribution is -0.156. The highest BCUT2D eigenvalue weighted by Gasteiger charge is 2.49. The van der Waals surface area contributed by atoms with Gasteiger partial charge in [-0.3, -0.25) is 4.79 Å². The van der Waals surface area contributed by atoms with Gasteiger partial charge in [-0.15, -0.1) is 0 Å². The fourth-order valence-corrected chi connectivity index (χ4v) is 1.76. The van der Waals surface area contributed by atoms with Gasteiger partial charge in [0.15, 0.2) is 5.78 Å². The molecule has 1 fully saturated rings. The Labute approximate surface area is 93.0 Å². The van der Waals surface area contributed by atoms with E-state index in [1.165, 1.54) is 12.1 Å². The molecule has 16 heavy (non-hydrogen) atoms. The second kappa shape index (κ2) is 4.00. The van der Waals surface area contributed by atoms with Gasteiger partial charge in [-0.25, -0.2) is 10.4 Å². The Balaban J connectivity index is 2.76. The van der Waals surface area contributed by atoms with E-state index in [-0.39, 0.29) is 12.2 Å². The molecule has 94 valence electrons. The Kier molecular flexibility index (Phi) is 3.36. The van der Waals surface area contributed by atoms with E-state index in [0.717, 1.165) is 0 Å². The molecule has 1 saturated heterocycles. The number of halogens is 3. The molecule has 0 bridgehead atoms. The third-order valence-electron chi connectivity index (χ3n) is 2.72. The first kappa shape index (κ1) is 13.4. The van der Waals surface area contributed by atoms with Crippen LogP contribution >= 0.6 is 0 Å². The van der Waals surface area contributed by atoms with Gasteiger partial charge in [0.25, 0.3) is 0 Å². The fourth-order valence-electron chi connectivity index (χ4n) is 1.76. The van der Waals surface area contributed by atoms with Crippen molar-refractivity contribution in [2.24, 2.45) is 5.41 Å². The molecule has 0 aromatic carbocycles. The number of nitrogens with zero attached hydrogens (tertiary/aromatic N) is 1. The van der Waals surface area contributed by atoms with Crippen LogP contribution in [0.25, 0.3) is 0 Å².